The Hall–Kier alpha value is -2.05. The number of amides is 2. The molecule has 1 heterocycles. The molecule has 0 spiro atoms. The Balaban J connectivity index is 2.94. The number of nitrogens with one attached hydrogen (secondary N) is 2. The van der Waals surface area contributed by atoms with Gasteiger partial charge >= 0.3 is 18.0 Å². The smallest absolute Gasteiger partial charge is 0.338 e. The monoisotopic (exact) mass is 298 g/mol. The molecule has 7 nitrogen and oxygen atoms in total. The number of carbonyl (C=O) groups is 3. The molecule has 1 rings (SSSR count). The quantitative estimate of drug-likeness (QED) is 0.690. The molecule has 0 aromatic heterocycles. The minimum atomic E-state index is -0.515. The van der Waals surface area contributed by atoms with E-state index in [2.05, 4.69) is 10.6 Å². The van der Waals surface area contributed by atoms with Gasteiger partial charge in [0.25, 0.3) is 0 Å². The van der Waals surface area contributed by atoms with E-state index in [1.165, 1.54) is 0 Å². The molecule has 0 saturated heterocycles. The van der Waals surface area contributed by atoms with Crippen LogP contribution in [0.5, 0.6) is 0 Å². The van der Waals surface area contributed by atoms with Crippen molar-refractivity contribution in [1.82, 2.24) is 10.6 Å². The minimum absolute atomic E-state index is 0.142. The molecule has 2 amide bonds. The van der Waals surface area contributed by atoms with E-state index in [-0.39, 0.29) is 24.9 Å². The second-order valence-electron chi connectivity index (χ2n) is 4.58. The number of rotatable bonds is 7. The molecule has 0 bridgehead atoms. The van der Waals surface area contributed by atoms with Gasteiger partial charge in [-0.15, -0.1) is 0 Å². The fourth-order valence-electron chi connectivity index (χ4n) is 2.00. The van der Waals surface area contributed by atoms with Gasteiger partial charge in [0.1, 0.15) is 6.61 Å². The Morgan fingerprint density at radius 2 is 1.90 bits per heavy atom. The molecular formula is C14H22N2O5. The van der Waals surface area contributed by atoms with Crippen LogP contribution in [0.2, 0.25) is 0 Å². The van der Waals surface area contributed by atoms with E-state index < -0.39 is 18.0 Å². The summed E-state index contributed by atoms with van der Waals surface area (Å²) in [5.41, 5.74) is 0.594. The van der Waals surface area contributed by atoms with E-state index in [1.807, 2.05) is 13.8 Å². The first kappa shape index (κ1) is 17.0. The first-order valence-electron chi connectivity index (χ1n) is 7.16. The maximum absolute atomic E-state index is 12.0. The van der Waals surface area contributed by atoms with Crippen molar-refractivity contribution < 1.29 is 23.9 Å². The van der Waals surface area contributed by atoms with Crippen LogP contribution in [-0.4, -0.2) is 37.2 Å². The number of urea groups is 1. The molecule has 0 saturated carbocycles. The normalized spacial score (nSPS) is 17.9. The van der Waals surface area contributed by atoms with E-state index in [1.54, 1.807) is 6.92 Å². The van der Waals surface area contributed by atoms with Crippen molar-refractivity contribution in [1.29, 1.82) is 0 Å². The third-order valence-corrected chi connectivity index (χ3v) is 2.98. The highest BCUT2D eigenvalue weighted by molar-refractivity contribution is 5.94. The van der Waals surface area contributed by atoms with Crippen LogP contribution < -0.4 is 10.6 Å². The lowest BCUT2D eigenvalue weighted by Gasteiger charge is -2.28. The van der Waals surface area contributed by atoms with Gasteiger partial charge < -0.3 is 20.1 Å². The number of hydrogen-bond donors (Lipinski definition) is 2. The molecule has 7 heteroatoms. The van der Waals surface area contributed by atoms with Gasteiger partial charge in [-0.25, -0.2) is 9.59 Å². The van der Waals surface area contributed by atoms with Gasteiger partial charge in [-0.05, 0) is 19.8 Å². The van der Waals surface area contributed by atoms with Crippen LogP contribution in [0.3, 0.4) is 0 Å². The standard InChI is InChI=1S/C14H22N2O5/c1-4-7-11(17)21-8-10-12(13(18)20-6-3)9(5-2)15-14(19)16-10/h9H,4-8H2,1-3H3,(H2,15,16,19)/t9-/m0/s1. The average Bonchev–Trinajstić information content (AvgIpc) is 2.44. The summed E-state index contributed by atoms with van der Waals surface area (Å²) in [4.78, 5) is 35.1. The van der Waals surface area contributed by atoms with Crippen LogP contribution in [-0.2, 0) is 19.1 Å². The summed E-state index contributed by atoms with van der Waals surface area (Å²) >= 11 is 0. The van der Waals surface area contributed by atoms with E-state index in [0.29, 0.717) is 24.8 Å². The zero-order chi connectivity index (χ0) is 15.8. The number of ether oxygens (including phenoxy) is 2. The van der Waals surface area contributed by atoms with Gasteiger partial charge in [0.2, 0.25) is 0 Å². The lowest BCUT2D eigenvalue weighted by molar-refractivity contribution is -0.143. The van der Waals surface area contributed by atoms with Crippen LogP contribution in [0.15, 0.2) is 11.3 Å². The summed E-state index contributed by atoms with van der Waals surface area (Å²) in [5, 5.41) is 5.17. The van der Waals surface area contributed by atoms with E-state index in [9.17, 15) is 14.4 Å². The third kappa shape index (κ3) is 4.77. The molecule has 0 aliphatic carbocycles. The summed E-state index contributed by atoms with van der Waals surface area (Å²) in [6, 6.07) is -0.867. The van der Waals surface area contributed by atoms with Gasteiger partial charge in [0.15, 0.2) is 0 Å². The molecule has 0 radical (unpaired) electrons. The van der Waals surface area contributed by atoms with Crippen molar-refractivity contribution in [2.75, 3.05) is 13.2 Å². The van der Waals surface area contributed by atoms with E-state index in [4.69, 9.17) is 9.47 Å². The van der Waals surface area contributed by atoms with Crippen LogP contribution in [0, 0.1) is 0 Å². The zero-order valence-corrected chi connectivity index (χ0v) is 12.7. The predicted octanol–water partition coefficient (Wildman–Crippen LogP) is 1.24. The number of carbonyl (C=O) groups excluding carboxylic acids is 3. The fraction of sp³-hybridized carbons (Fsp3) is 0.643. The van der Waals surface area contributed by atoms with Gasteiger partial charge in [0, 0.05) is 6.42 Å². The molecule has 1 aliphatic heterocycles. The molecular weight excluding hydrogens is 276 g/mol. The van der Waals surface area contributed by atoms with E-state index in [0.717, 1.165) is 0 Å². The maximum Gasteiger partial charge on any atom is 0.338 e. The molecule has 1 aliphatic rings. The molecule has 118 valence electrons. The SMILES string of the molecule is CCCC(=O)OCC1=C(C(=O)OCC)[C@H](CC)NC(=O)N1. The lowest BCUT2D eigenvalue weighted by Crippen LogP contribution is -2.51. The molecule has 21 heavy (non-hydrogen) atoms. The summed E-state index contributed by atoms with van der Waals surface area (Å²) in [5.74, 6) is -0.882. The van der Waals surface area contributed by atoms with Gasteiger partial charge in [-0.1, -0.05) is 13.8 Å². The Bertz CT molecular complexity index is 445. The van der Waals surface area contributed by atoms with Crippen molar-refractivity contribution in [3.05, 3.63) is 11.3 Å². The fourth-order valence-corrected chi connectivity index (χ4v) is 2.00. The van der Waals surface area contributed by atoms with Crippen LogP contribution in [0.25, 0.3) is 0 Å². The minimum Gasteiger partial charge on any atom is -0.463 e. The molecule has 2 N–H and O–H groups in total. The van der Waals surface area contributed by atoms with Crippen molar-refractivity contribution in [2.45, 2.75) is 46.1 Å². The Labute approximate surface area is 124 Å². The molecule has 0 fully saturated rings. The largest absolute Gasteiger partial charge is 0.463 e. The second-order valence-corrected chi connectivity index (χ2v) is 4.58. The van der Waals surface area contributed by atoms with Gasteiger partial charge in [0.05, 0.1) is 23.9 Å². The van der Waals surface area contributed by atoms with Crippen molar-refractivity contribution in [3.63, 3.8) is 0 Å². The first-order valence-corrected chi connectivity index (χ1v) is 7.16. The molecule has 1 atom stereocenters. The van der Waals surface area contributed by atoms with Crippen molar-refractivity contribution >= 4 is 18.0 Å². The maximum atomic E-state index is 12.0. The molecule has 0 unspecified atom stereocenters. The third-order valence-electron chi connectivity index (χ3n) is 2.98. The highest BCUT2D eigenvalue weighted by atomic mass is 16.5. The molecule has 0 aromatic rings. The summed E-state index contributed by atoms with van der Waals surface area (Å²) in [7, 11) is 0. The number of esters is 2. The van der Waals surface area contributed by atoms with Crippen molar-refractivity contribution in [3.8, 4) is 0 Å². The zero-order valence-electron chi connectivity index (χ0n) is 12.7. The topological polar surface area (TPSA) is 93.7 Å². The molecule has 0 aromatic carbocycles. The first-order chi connectivity index (χ1) is 10.0. The van der Waals surface area contributed by atoms with Crippen LogP contribution in [0.4, 0.5) is 4.79 Å². The summed E-state index contributed by atoms with van der Waals surface area (Å²) in [6.07, 6.45) is 1.51. The Morgan fingerprint density at radius 1 is 1.19 bits per heavy atom. The lowest BCUT2D eigenvalue weighted by atomic mass is 10.0. The van der Waals surface area contributed by atoms with E-state index >= 15 is 0 Å². The Morgan fingerprint density at radius 3 is 2.48 bits per heavy atom. The predicted molar refractivity (Wildman–Crippen MR) is 75.3 cm³/mol. The number of hydrogen-bond acceptors (Lipinski definition) is 5. The highest BCUT2D eigenvalue weighted by Gasteiger charge is 2.31. The summed E-state index contributed by atoms with van der Waals surface area (Å²) < 4.78 is 10.1. The van der Waals surface area contributed by atoms with Crippen molar-refractivity contribution in [2.24, 2.45) is 0 Å². The van der Waals surface area contributed by atoms with Gasteiger partial charge in [-0.2, -0.15) is 0 Å². The average molecular weight is 298 g/mol. The Kier molecular flexibility index (Phi) is 6.71. The van der Waals surface area contributed by atoms with Crippen LogP contribution >= 0.6 is 0 Å². The second kappa shape index (κ2) is 8.28. The summed E-state index contributed by atoms with van der Waals surface area (Å²) in [6.45, 7) is 5.50. The highest BCUT2D eigenvalue weighted by Crippen LogP contribution is 2.17. The van der Waals surface area contributed by atoms with Crippen LogP contribution in [0.1, 0.15) is 40.0 Å². The van der Waals surface area contributed by atoms with Gasteiger partial charge in [-0.3, -0.25) is 4.79 Å².